The van der Waals surface area contributed by atoms with Crippen LogP contribution in [0.25, 0.3) is 0 Å². The minimum Gasteiger partial charge on any atom is -0.343 e. The van der Waals surface area contributed by atoms with Crippen LogP contribution in [0.1, 0.15) is 12.8 Å². The van der Waals surface area contributed by atoms with Crippen LogP contribution in [0.15, 0.2) is 0 Å². The molecular weight excluding hydrogens is 69.0 g/mol. The average molecular weight is 77.1 g/mol. The van der Waals surface area contributed by atoms with Crippen molar-refractivity contribution < 1.29 is 18.9 Å². The molecule has 0 saturated heterocycles. The van der Waals surface area contributed by atoms with E-state index in [-0.39, 0.29) is 18.9 Å². The van der Waals surface area contributed by atoms with E-state index in [0.29, 0.717) is 0 Å². The molecule has 0 aromatic heterocycles. The largest absolute Gasteiger partial charge is 1.00 e. The molecule has 0 saturated carbocycles. The SMILES string of the molecule is [CH2-]CCC=N.[Li+]. The molecule has 0 aliphatic heterocycles. The van der Waals surface area contributed by atoms with E-state index in [9.17, 15) is 0 Å². The van der Waals surface area contributed by atoms with Crippen LogP contribution in [0.4, 0.5) is 0 Å². The first kappa shape index (κ1) is 9.55. The van der Waals surface area contributed by atoms with E-state index < -0.39 is 0 Å². The first-order valence-electron chi connectivity index (χ1n) is 1.70. The van der Waals surface area contributed by atoms with Crippen LogP contribution in [0.2, 0.25) is 0 Å². The van der Waals surface area contributed by atoms with Gasteiger partial charge in [-0.15, -0.1) is 0 Å². The fourth-order valence-electron chi connectivity index (χ4n) is 0.102. The summed E-state index contributed by atoms with van der Waals surface area (Å²) in [4.78, 5) is 0. The number of hydrogen-bond acceptors (Lipinski definition) is 1. The third-order valence-electron chi connectivity index (χ3n) is 0.348. The minimum absolute atomic E-state index is 0. The molecule has 1 N–H and O–H groups in total. The van der Waals surface area contributed by atoms with Crippen molar-refractivity contribution in [1.82, 2.24) is 0 Å². The molecule has 0 unspecified atom stereocenters. The topological polar surface area (TPSA) is 23.9 Å². The van der Waals surface area contributed by atoms with Crippen LogP contribution >= 0.6 is 0 Å². The molecular formula is C4H8LiN. The van der Waals surface area contributed by atoms with Gasteiger partial charge in [0.05, 0.1) is 0 Å². The Morgan fingerprint density at radius 1 is 1.67 bits per heavy atom. The van der Waals surface area contributed by atoms with E-state index in [0.717, 1.165) is 12.8 Å². The molecule has 0 radical (unpaired) electrons. The van der Waals surface area contributed by atoms with Crippen LogP contribution < -0.4 is 18.9 Å². The molecule has 0 heterocycles. The normalized spacial score (nSPS) is 6.17. The molecule has 0 aliphatic carbocycles. The molecule has 0 spiro atoms. The molecule has 30 valence electrons. The van der Waals surface area contributed by atoms with Crippen molar-refractivity contribution in [2.45, 2.75) is 12.8 Å². The Morgan fingerprint density at radius 3 is 2.17 bits per heavy atom. The Labute approximate surface area is 50.8 Å². The molecule has 0 amide bonds. The van der Waals surface area contributed by atoms with Crippen molar-refractivity contribution >= 4 is 6.21 Å². The van der Waals surface area contributed by atoms with Gasteiger partial charge in [-0.1, -0.05) is 0 Å². The van der Waals surface area contributed by atoms with Gasteiger partial charge >= 0.3 is 18.9 Å². The van der Waals surface area contributed by atoms with E-state index in [4.69, 9.17) is 5.41 Å². The zero-order valence-corrected chi connectivity index (χ0v) is 4.20. The van der Waals surface area contributed by atoms with E-state index in [1.165, 1.54) is 6.21 Å². The summed E-state index contributed by atoms with van der Waals surface area (Å²) in [5.74, 6) is 0. The van der Waals surface area contributed by atoms with E-state index in [1.54, 1.807) is 0 Å². The molecule has 0 bridgehead atoms. The molecule has 0 aromatic rings. The number of rotatable bonds is 2. The Hall–Kier alpha value is 0.267. The summed E-state index contributed by atoms with van der Waals surface area (Å²) in [5.41, 5.74) is 0. The molecule has 0 atom stereocenters. The summed E-state index contributed by atoms with van der Waals surface area (Å²) in [6.07, 6.45) is 3.04. The average Bonchev–Trinajstić information content (AvgIpc) is 1.41. The summed E-state index contributed by atoms with van der Waals surface area (Å²) in [6, 6.07) is 0. The van der Waals surface area contributed by atoms with E-state index >= 15 is 0 Å². The standard InChI is InChI=1S/C4H8N.Li/c1-2-3-4-5;/h4-5H,1-3H2;/q-1;+1. The third-order valence-corrected chi connectivity index (χ3v) is 0.348. The van der Waals surface area contributed by atoms with Crippen molar-refractivity contribution in [1.29, 1.82) is 5.41 Å². The van der Waals surface area contributed by atoms with Crippen LogP contribution in [-0.4, -0.2) is 6.21 Å². The second-order valence-electron chi connectivity index (χ2n) is 0.846. The van der Waals surface area contributed by atoms with Crippen LogP contribution in [-0.2, 0) is 0 Å². The smallest absolute Gasteiger partial charge is 0.343 e. The predicted octanol–water partition coefficient (Wildman–Crippen LogP) is -1.75. The molecule has 2 heteroatoms. The third kappa shape index (κ3) is 8.86. The maximum absolute atomic E-state index is 6.44. The van der Waals surface area contributed by atoms with Crippen molar-refractivity contribution in [3.63, 3.8) is 0 Å². The Kier molecular flexibility index (Phi) is 14.3. The van der Waals surface area contributed by atoms with Crippen molar-refractivity contribution in [2.24, 2.45) is 0 Å². The minimum atomic E-state index is 0. The summed E-state index contributed by atoms with van der Waals surface area (Å²) in [7, 11) is 0. The monoisotopic (exact) mass is 77.1 g/mol. The fourth-order valence-corrected chi connectivity index (χ4v) is 0.102. The van der Waals surface area contributed by atoms with Gasteiger partial charge in [-0.25, -0.2) is 0 Å². The summed E-state index contributed by atoms with van der Waals surface area (Å²) in [6.45, 7) is 3.52. The molecule has 0 fully saturated rings. The molecule has 0 aromatic carbocycles. The van der Waals surface area contributed by atoms with Gasteiger partial charge in [-0.2, -0.15) is 6.42 Å². The van der Waals surface area contributed by atoms with Gasteiger partial charge in [0, 0.05) is 0 Å². The van der Waals surface area contributed by atoms with E-state index in [2.05, 4.69) is 6.92 Å². The fraction of sp³-hybridized carbons (Fsp3) is 0.500. The second kappa shape index (κ2) is 8.99. The number of unbranched alkanes of at least 4 members (excludes halogenated alkanes) is 1. The van der Waals surface area contributed by atoms with Crippen LogP contribution in [0.3, 0.4) is 0 Å². The molecule has 1 nitrogen and oxygen atoms in total. The van der Waals surface area contributed by atoms with Gasteiger partial charge in [0.15, 0.2) is 0 Å². The van der Waals surface area contributed by atoms with Crippen LogP contribution in [0, 0.1) is 12.3 Å². The van der Waals surface area contributed by atoms with Gasteiger partial charge in [0.1, 0.15) is 0 Å². The summed E-state index contributed by atoms with van der Waals surface area (Å²) in [5, 5.41) is 6.44. The van der Waals surface area contributed by atoms with Crippen molar-refractivity contribution in [2.75, 3.05) is 0 Å². The summed E-state index contributed by atoms with van der Waals surface area (Å²) < 4.78 is 0. The van der Waals surface area contributed by atoms with Crippen molar-refractivity contribution in [3.8, 4) is 0 Å². The maximum atomic E-state index is 6.44. The van der Waals surface area contributed by atoms with Crippen LogP contribution in [0.5, 0.6) is 0 Å². The Balaban J connectivity index is 0. The van der Waals surface area contributed by atoms with Crippen molar-refractivity contribution in [3.05, 3.63) is 6.92 Å². The first-order valence-corrected chi connectivity index (χ1v) is 1.70. The Bertz CT molecular complexity index is 28.7. The van der Waals surface area contributed by atoms with Gasteiger partial charge in [-0.3, -0.25) is 0 Å². The van der Waals surface area contributed by atoms with E-state index in [1.807, 2.05) is 0 Å². The zero-order chi connectivity index (χ0) is 4.12. The van der Waals surface area contributed by atoms with Gasteiger partial charge in [0.25, 0.3) is 0 Å². The quantitative estimate of drug-likeness (QED) is 0.230. The zero-order valence-electron chi connectivity index (χ0n) is 4.20. The maximum Gasteiger partial charge on any atom is 1.00 e. The molecule has 0 aliphatic rings. The second-order valence-corrected chi connectivity index (χ2v) is 0.846. The number of hydrogen-bond donors (Lipinski definition) is 1. The van der Waals surface area contributed by atoms with Gasteiger partial charge < -0.3 is 12.3 Å². The molecule has 6 heavy (non-hydrogen) atoms. The van der Waals surface area contributed by atoms with Gasteiger partial charge in [-0.05, 0) is 12.6 Å². The summed E-state index contributed by atoms with van der Waals surface area (Å²) >= 11 is 0. The first-order chi connectivity index (χ1) is 2.41. The van der Waals surface area contributed by atoms with Gasteiger partial charge in [0.2, 0.25) is 0 Å². The molecule has 0 rings (SSSR count). The predicted molar refractivity (Wildman–Crippen MR) is 23.4 cm³/mol. The number of nitrogens with one attached hydrogen (secondary N) is 1. The Morgan fingerprint density at radius 2 is 2.17 bits per heavy atom.